The average Bonchev–Trinajstić information content (AvgIpc) is 0.709. The molecule has 12 nitrogen and oxygen atoms in total. The van der Waals surface area contributed by atoms with Crippen LogP contribution in [0.3, 0.4) is 0 Å². The highest BCUT2D eigenvalue weighted by Gasteiger charge is 2.27. The van der Waals surface area contributed by atoms with Crippen LogP contribution in [0.2, 0.25) is 0 Å². The lowest BCUT2D eigenvalue weighted by molar-refractivity contribution is 0.281. The first-order valence-corrected chi connectivity index (χ1v) is 40.0. The third-order valence-electron chi connectivity index (χ3n) is 22.8. The highest BCUT2D eigenvalue weighted by atomic mass is 16.5. The third-order valence-corrected chi connectivity index (χ3v) is 22.8. The topological polar surface area (TPSA) is 131 Å². The van der Waals surface area contributed by atoms with Gasteiger partial charge in [0.05, 0.1) is 54.9 Å². The van der Waals surface area contributed by atoms with Crippen LogP contribution in [0.15, 0.2) is 376 Å². The maximum absolute atomic E-state index is 10.3. The molecule has 12 heteroatoms. The number of aliphatic hydroxyl groups is 4. The van der Waals surface area contributed by atoms with Crippen LogP contribution >= 0.6 is 0 Å². The van der Waals surface area contributed by atoms with Crippen LogP contribution in [-0.2, 0) is 26.4 Å². The van der Waals surface area contributed by atoms with Gasteiger partial charge in [0.25, 0.3) is 0 Å². The second kappa shape index (κ2) is 33.8. The number of benzene rings is 18. The summed E-state index contributed by atoms with van der Waals surface area (Å²) in [5.74, 6) is 2.97. The summed E-state index contributed by atoms with van der Waals surface area (Å²) in [4.78, 5) is 8.94. The van der Waals surface area contributed by atoms with Crippen molar-refractivity contribution in [3.05, 3.63) is 398 Å². The van der Waals surface area contributed by atoms with Gasteiger partial charge in [0.2, 0.25) is 0 Å². The summed E-state index contributed by atoms with van der Waals surface area (Å²) >= 11 is 0. The van der Waals surface area contributed by atoms with Gasteiger partial charge in [-0.1, -0.05) is 194 Å². The second-order valence-corrected chi connectivity index (χ2v) is 29.7. The van der Waals surface area contributed by atoms with Gasteiger partial charge in [-0.05, 0) is 303 Å². The molecule has 4 N–H and O–H groups in total. The fraction of sp³-hybridized carbons (Fsp3) is 0.0741. The molecule has 0 saturated heterocycles. The fourth-order valence-corrected chi connectivity index (χ4v) is 16.8. The van der Waals surface area contributed by atoms with Crippen LogP contribution in [0.5, 0.6) is 23.0 Å². The molecule has 0 saturated carbocycles. The van der Waals surface area contributed by atoms with Gasteiger partial charge in [0, 0.05) is 68.2 Å². The van der Waals surface area contributed by atoms with Crippen molar-refractivity contribution < 1.29 is 39.4 Å². The number of fused-ring (bicyclic) bond motifs is 4. The zero-order chi connectivity index (χ0) is 81.7. The standard InChI is InChI=1S/C108H86N4O8/c1-117-93-53-45-85(46-54-93)110(83-41-25-73(69-115)26-42-83)90-62-79(61-89(65-90)109(81-37-21-71(67-113)22-38-81)82-39-23-72(68-114)24-40-82)75-29-33-77(34-30-75)105-97-13-5-9-17-101(97)107(102-18-10-6-14-98(102)105)108-103-19-11-7-15-99(103)106(100-16-8-12-20-104(100)108)78-35-31-76(32-36-78)80-63-91(111(84-43-27-74(70-116)28-44-84)86-47-55-94(118-2)56-48-86)66-92(64-80)112(87-49-57-95(119-3)58-50-87)88-51-59-96(120-4)60-52-88/h5-66,113-116H,67-70H2,1-4H3. The maximum Gasteiger partial charge on any atom is 0.119 e. The Balaban J connectivity index is 0.770. The van der Waals surface area contributed by atoms with E-state index in [4.69, 9.17) is 18.9 Å². The van der Waals surface area contributed by atoms with Crippen molar-refractivity contribution in [2.45, 2.75) is 26.4 Å². The molecule has 0 heterocycles. The first-order chi connectivity index (χ1) is 59.1. The predicted molar refractivity (Wildman–Crippen MR) is 492 cm³/mol. The van der Waals surface area contributed by atoms with Crippen molar-refractivity contribution in [2.24, 2.45) is 0 Å². The maximum atomic E-state index is 10.3. The van der Waals surface area contributed by atoms with Crippen LogP contribution in [0, 0.1) is 0 Å². The average molecular weight is 1570 g/mol. The molecule has 0 atom stereocenters. The molecular weight excluding hydrogens is 1480 g/mol. The van der Waals surface area contributed by atoms with Gasteiger partial charge in [-0.2, -0.15) is 0 Å². The molecular formula is C108H86N4O8. The van der Waals surface area contributed by atoms with Crippen LogP contribution in [-0.4, -0.2) is 48.9 Å². The van der Waals surface area contributed by atoms with E-state index < -0.39 is 0 Å². The van der Waals surface area contributed by atoms with Crippen molar-refractivity contribution in [3.8, 4) is 78.6 Å². The van der Waals surface area contributed by atoms with Crippen molar-refractivity contribution >= 4 is 111 Å². The zero-order valence-electron chi connectivity index (χ0n) is 66.8. The molecule has 0 radical (unpaired) electrons. The van der Waals surface area contributed by atoms with E-state index in [2.05, 4.69) is 262 Å². The fourth-order valence-electron chi connectivity index (χ4n) is 16.8. The van der Waals surface area contributed by atoms with Crippen LogP contribution in [0.25, 0.3) is 98.7 Å². The minimum atomic E-state index is -0.0922. The smallest absolute Gasteiger partial charge is 0.119 e. The molecule has 0 aliphatic heterocycles. The van der Waals surface area contributed by atoms with E-state index in [9.17, 15) is 20.4 Å². The largest absolute Gasteiger partial charge is 0.497 e. The highest BCUT2D eigenvalue weighted by Crippen LogP contribution is 2.53. The Morgan fingerprint density at radius 3 is 0.533 bits per heavy atom. The lowest BCUT2D eigenvalue weighted by atomic mass is 9.81. The van der Waals surface area contributed by atoms with Gasteiger partial charge in [0.1, 0.15) is 23.0 Å². The van der Waals surface area contributed by atoms with E-state index in [0.29, 0.717) is 0 Å². The van der Waals surface area contributed by atoms with E-state index in [1.165, 1.54) is 0 Å². The van der Waals surface area contributed by atoms with Gasteiger partial charge < -0.3 is 59.0 Å². The highest BCUT2D eigenvalue weighted by molar-refractivity contribution is 6.30. The Labute approximate surface area is 697 Å². The molecule has 0 bridgehead atoms. The molecule has 0 unspecified atom stereocenters. The number of aliphatic hydroxyl groups excluding tert-OH is 4. The molecule has 120 heavy (non-hydrogen) atoms. The second-order valence-electron chi connectivity index (χ2n) is 29.7. The number of hydrogen-bond donors (Lipinski definition) is 4. The first kappa shape index (κ1) is 76.5. The van der Waals surface area contributed by atoms with E-state index in [0.717, 1.165) is 212 Å². The molecule has 0 fully saturated rings. The molecule has 18 aromatic carbocycles. The van der Waals surface area contributed by atoms with Crippen LogP contribution in [0.1, 0.15) is 22.3 Å². The number of methoxy groups -OCH3 is 4. The minimum absolute atomic E-state index is 0.0773. The van der Waals surface area contributed by atoms with Crippen molar-refractivity contribution in [1.29, 1.82) is 0 Å². The quantitative estimate of drug-likeness (QED) is 0.0406. The van der Waals surface area contributed by atoms with E-state index in [-0.39, 0.29) is 26.4 Å². The summed E-state index contributed by atoms with van der Waals surface area (Å²) in [5, 5.41) is 50.1. The number of anilines is 12. The van der Waals surface area contributed by atoms with E-state index in [1.807, 2.05) is 133 Å². The van der Waals surface area contributed by atoms with Crippen LogP contribution < -0.4 is 38.5 Å². The first-order valence-electron chi connectivity index (χ1n) is 40.0. The Bertz CT molecular complexity index is 5760. The lowest BCUT2D eigenvalue weighted by Crippen LogP contribution is -2.14. The van der Waals surface area contributed by atoms with Crippen molar-refractivity contribution in [3.63, 3.8) is 0 Å². The molecule has 18 rings (SSSR count). The van der Waals surface area contributed by atoms with Gasteiger partial charge in [0.15, 0.2) is 0 Å². The Kier molecular flexibility index (Phi) is 21.6. The molecule has 0 amide bonds. The molecule has 0 aliphatic carbocycles. The van der Waals surface area contributed by atoms with Gasteiger partial charge in [-0.25, -0.2) is 0 Å². The lowest BCUT2D eigenvalue weighted by Gasteiger charge is -2.30. The summed E-state index contributed by atoms with van der Waals surface area (Å²) in [7, 11) is 6.71. The minimum Gasteiger partial charge on any atom is -0.497 e. The van der Waals surface area contributed by atoms with Gasteiger partial charge in [-0.3, -0.25) is 0 Å². The van der Waals surface area contributed by atoms with Crippen molar-refractivity contribution in [1.82, 2.24) is 0 Å². The summed E-state index contributed by atoms with van der Waals surface area (Å²) in [6.07, 6.45) is 0. The molecule has 0 aromatic heterocycles. The molecule has 0 aliphatic rings. The van der Waals surface area contributed by atoms with E-state index in [1.54, 1.807) is 28.4 Å². The number of ether oxygens (including phenoxy) is 4. The van der Waals surface area contributed by atoms with E-state index >= 15 is 0 Å². The summed E-state index contributed by atoms with van der Waals surface area (Å²) < 4.78 is 22.8. The Hall–Kier alpha value is -14.8. The third kappa shape index (κ3) is 14.9. The SMILES string of the molecule is COc1ccc(N(c2ccc(CO)cc2)c2cc(-c3ccc(-c4c5ccccc5c(-c5c6ccccc6c(-c6ccc(-c7cc(N(c8ccc(CO)cc8)c8ccc(OC)cc8)cc(N(c8ccc(OC)cc8)c8ccc(OC)cc8)c7)cc6)c6ccccc56)c5ccccc45)cc3)cc(N(c3ccc(CO)cc3)c3ccc(CO)cc3)c2)cc1. The molecule has 586 valence electrons. The monoisotopic (exact) mass is 1570 g/mol. The number of nitrogens with zero attached hydrogens (tertiary/aromatic N) is 4. The zero-order valence-corrected chi connectivity index (χ0v) is 66.8. The van der Waals surface area contributed by atoms with Crippen LogP contribution in [0.4, 0.5) is 68.2 Å². The number of hydrogen-bond acceptors (Lipinski definition) is 12. The molecule has 0 spiro atoms. The summed E-state index contributed by atoms with van der Waals surface area (Å²) in [6.45, 7) is -0.349. The Morgan fingerprint density at radius 2 is 0.350 bits per heavy atom. The summed E-state index contributed by atoms with van der Waals surface area (Å²) in [6, 6.07) is 131. The van der Waals surface area contributed by atoms with Crippen molar-refractivity contribution in [2.75, 3.05) is 48.0 Å². The predicted octanol–water partition coefficient (Wildman–Crippen LogP) is 26.5. The molecule has 18 aromatic rings. The Morgan fingerprint density at radius 1 is 0.175 bits per heavy atom. The normalized spacial score (nSPS) is 11.3. The summed E-state index contributed by atoms with van der Waals surface area (Å²) in [5.41, 5.74) is 24.7. The number of rotatable bonds is 25. The van der Waals surface area contributed by atoms with Gasteiger partial charge in [-0.15, -0.1) is 0 Å². The van der Waals surface area contributed by atoms with Gasteiger partial charge >= 0.3 is 0 Å².